The smallest absolute Gasteiger partial charge is 0.281 e. The number of hydrogen-bond acceptors (Lipinski definition) is 5. The number of fused-ring (bicyclic) bond motifs is 5. The van der Waals surface area contributed by atoms with Crippen molar-refractivity contribution in [1.29, 1.82) is 0 Å². The Morgan fingerprint density at radius 2 is 1.85 bits per heavy atom. The van der Waals surface area contributed by atoms with Crippen LogP contribution in [-0.4, -0.2) is 74.9 Å². The lowest BCUT2D eigenvalue weighted by atomic mass is 9.94. The van der Waals surface area contributed by atoms with Crippen molar-refractivity contribution in [3.63, 3.8) is 0 Å². The molecular weight excluding hydrogens is 354 g/mol. The summed E-state index contributed by atoms with van der Waals surface area (Å²) < 4.78 is 39.4. The second-order valence-electron chi connectivity index (χ2n) is 7.61. The van der Waals surface area contributed by atoms with E-state index in [-0.39, 0.29) is 6.04 Å². The standard InChI is InChI=1S/C18H27N3O4S/c1-19(2)26(22,23)21-12-15-3-5-16(13-21)20(11-15)10-14-4-6-17-18(9-14)25-8-7-24-17/h4,6,9,15-16H,3,5,7-8,10-13H2,1-2H3/t15-,16-/m1/s1. The Labute approximate surface area is 155 Å². The molecule has 5 rings (SSSR count). The first-order valence-corrected chi connectivity index (χ1v) is 10.6. The normalized spacial score (nSPS) is 26.9. The maximum atomic E-state index is 12.6. The maximum absolute atomic E-state index is 12.6. The van der Waals surface area contributed by atoms with Gasteiger partial charge in [0.2, 0.25) is 0 Å². The van der Waals surface area contributed by atoms with Crippen LogP contribution in [0.3, 0.4) is 0 Å². The van der Waals surface area contributed by atoms with E-state index in [1.807, 2.05) is 6.07 Å². The number of hydrogen-bond donors (Lipinski definition) is 0. The SMILES string of the molecule is CN(C)S(=O)(=O)N1C[C@@H]2CC[C@H](C1)N(Cc1ccc3c(c1)OCCO3)C2. The molecule has 0 unspecified atom stereocenters. The third-order valence-electron chi connectivity index (χ3n) is 5.57. The van der Waals surface area contributed by atoms with Crippen LogP contribution in [0.1, 0.15) is 18.4 Å². The minimum absolute atomic E-state index is 0.261. The largest absolute Gasteiger partial charge is 0.486 e. The topological polar surface area (TPSA) is 62.3 Å². The molecule has 2 bridgehead atoms. The molecule has 0 aromatic heterocycles. The van der Waals surface area contributed by atoms with Gasteiger partial charge in [0.1, 0.15) is 13.2 Å². The van der Waals surface area contributed by atoms with Crippen molar-refractivity contribution in [2.75, 3.05) is 46.9 Å². The molecule has 4 aliphatic heterocycles. The average Bonchev–Trinajstić information content (AvgIpc) is 2.94. The highest BCUT2D eigenvalue weighted by Gasteiger charge is 2.39. The fraction of sp³-hybridized carbons (Fsp3) is 0.667. The molecule has 26 heavy (non-hydrogen) atoms. The van der Waals surface area contributed by atoms with Crippen LogP contribution < -0.4 is 9.47 Å². The molecule has 1 aromatic carbocycles. The van der Waals surface area contributed by atoms with Crippen molar-refractivity contribution in [2.45, 2.75) is 25.4 Å². The highest BCUT2D eigenvalue weighted by atomic mass is 32.2. The Kier molecular flexibility index (Phi) is 4.85. The summed E-state index contributed by atoms with van der Waals surface area (Å²) in [6.45, 7) is 4.13. The molecule has 0 saturated carbocycles. The van der Waals surface area contributed by atoms with Gasteiger partial charge in [0, 0.05) is 46.3 Å². The predicted octanol–water partition coefficient (Wildman–Crippen LogP) is 1.16. The molecule has 0 radical (unpaired) electrons. The summed E-state index contributed by atoms with van der Waals surface area (Å²) in [5, 5.41) is 0. The highest BCUT2D eigenvalue weighted by Crippen LogP contribution is 2.34. The Morgan fingerprint density at radius 3 is 2.62 bits per heavy atom. The van der Waals surface area contributed by atoms with Gasteiger partial charge in [-0.25, -0.2) is 0 Å². The number of ether oxygens (including phenoxy) is 2. The second kappa shape index (κ2) is 6.99. The van der Waals surface area contributed by atoms with Crippen molar-refractivity contribution in [1.82, 2.24) is 13.5 Å². The van der Waals surface area contributed by atoms with Crippen LogP contribution in [0.15, 0.2) is 18.2 Å². The van der Waals surface area contributed by atoms with Crippen molar-refractivity contribution in [3.8, 4) is 11.5 Å². The molecule has 3 saturated heterocycles. The van der Waals surface area contributed by atoms with E-state index in [4.69, 9.17) is 9.47 Å². The van der Waals surface area contributed by atoms with Crippen LogP contribution >= 0.6 is 0 Å². The summed E-state index contributed by atoms with van der Waals surface area (Å²) in [6.07, 6.45) is 2.15. The van der Waals surface area contributed by atoms with Crippen LogP contribution in [0.25, 0.3) is 0 Å². The van der Waals surface area contributed by atoms with Gasteiger partial charge in [-0.2, -0.15) is 17.0 Å². The van der Waals surface area contributed by atoms with E-state index < -0.39 is 10.2 Å². The summed E-state index contributed by atoms with van der Waals surface area (Å²) in [6, 6.07) is 6.38. The van der Waals surface area contributed by atoms with Crippen molar-refractivity contribution < 1.29 is 17.9 Å². The summed E-state index contributed by atoms with van der Waals surface area (Å²) in [4.78, 5) is 2.44. The summed E-state index contributed by atoms with van der Waals surface area (Å²) in [5.41, 5.74) is 1.18. The van der Waals surface area contributed by atoms with E-state index in [0.717, 1.165) is 37.4 Å². The van der Waals surface area contributed by atoms with Gasteiger partial charge in [0.15, 0.2) is 11.5 Å². The molecule has 0 spiro atoms. The fourth-order valence-electron chi connectivity index (χ4n) is 4.17. The Balaban J connectivity index is 1.50. The molecular formula is C18H27N3O4S. The van der Waals surface area contributed by atoms with Gasteiger partial charge in [-0.15, -0.1) is 0 Å². The summed E-state index contributed by atoms with van der Waals surface area (Å²) in [7, 11) is -0.142. The van der Waals surface area contributed by atoms with Gasteiger partial charge < -0.3 is 9.47 Å². The number of piperidine rings is 1. The second-order valence-corrected chi connectivity index (χ2v) is 9.75. The maximum Gasteiger partial charge on any atom is 0.281 e. The van der Waals surface area contributed by atoms with Crippen LogP contribution in [0.5, 0.6) is 11.5 Å². The van der Waals surface area contributed by atoms with Crippen LogP contribution in [0.2, 0.25) is 0 Å². The Hall–Kier alpha value is -1.35. The zero-order valence-corrected chi connectivity index (χ0v) is 16.2. The molecule has 1 aromatic rings. The Morgan fingerprint density at radius 1 is 1.08 bits per heavy atom. The third kappa shape index (κ3) is 3.43. The molecule has 3 fully saturated rings. The van der Waals surface area contributed by atoms with Crippen molar-refractivity contribution in [3.05, 3.63) is 23.8 Å². The van der Waals surface area contributed by atoms with Gasteiger partial charge in [-0.1, -0.05) is 6.07 Å². The highest BCUT2D eigenvalue weighted by molar-refractivity contribution is 7.86. The molecule has 2 atom stereocenters. The summed E-state index contributed by atoms with van der Waals surface area (Å²) in [5.74, 6) is 2.01. The first-order chi connectivity index (χ1) is 12.4. The summed E-state index contributed by atoms with van der Waals surface area (Å²) >= 11 is 0. The fourth-order valence-corrected chi connectivity index (χ4v) is 5.39. The van der Waals surface area contributed by atoms with E-state index in [0.29, 0.717) is 32.2 Å². The zero-order valence-electron chi connectivity index (χ0n) is 15.4. The monoisotopic (exact) mass is 381 g/mol. The van der Waals surface area contributed by atoms with E-state index >= 15 is 0 Å². The first kappa shape index (κ1) is 18.0. The number of nitrogens with zero attached hydrogens (tertiary/aromatic N) is 3. The van der Waals surface area contributed by atoms with Crippen LogP contribution in [0.4, 0.5) is 0 Å². The van der Waals surface area contributed by atoms with Gasteiger partial charge >= 0.3 is 0 Å². The lowest BCUT2D eigenvalue weighted by molar-refractivity contribution is 0.124. The first-order valence-electron chi connectivity index (χ1n) is 9.23. The number of rotatable bonds is 4. The van der Waals surface area contributed by atoms with Gasteiger partial charge in [-0.3, -0.25) is 4.90 Å². The number of benzene rings is 1. The molecule has 0 amide bonds. The molecule has 8 heteroatoms. The molecule has 0 aliphatic carbocycles. The zero-order chi connectivity index (χ0) is 18.3. The van der Waals surface area contributed by atoms with Gasteiger partial charge in [-0.05, 0) is 36.5 Å². The quantitative estimate of drug-likeness (QED) is 0.783. The molecule has 4 aliphatic rings. The minimum atomic E-state index is -3.35. The minimum Gasteiger partial charge on any atom is -0.486 e. The van der Waals surface area contributed by atoms with Crippen molar-refractivity contribution >= 4 is 10.2 Å². The lowest BCUT2D eigenvalue weighted by Crippen LogP contribution is -2.45. The molecule has 0 N–H and O–H groups in total. The van der Waals surface area contributed by atoms with Crippen LogP contribution in [0, 0.1) is 5.92 Å². The average molecular weight is 381 g/mol. The van der Waals surface area contributed by atoms with E-state index in [2.05, 4.69) is 17.0 Å². The lowest BCUT2D eigenvalue weighted by Gasteiger charge is -2.36. The van der Waals surface area contributed by atoms with E-state index in [9.17, 15) is 8.42 Å². The van der Waals surface area contributed by atoms with Crippen LogP contribution in [-0.2, 0) is 16.8 Å². The van der Waals surface area contributed by atoms with E-state index in [1.54, 1.807) is 18.4 Å². The third-order valence-corrected chi connectivity index (χ3v) is 7.45. The molecule has 144 valence electrons. The van der Waals surface area contributed by atoms with Gasteiger partial charge in [0.05, 0.1) is 0 Å². The Bertz CT molecular complexity index is 768. The van der Waals surface area contributed by atoms with Crippen molar-refractivity contribution in [2.24, 2.45) is 5.92 Å². The van der Waals surface area contributed by atoms with E-state index in [1.165, 1.54) is 9.87 Å². The molecule has 4 heterocycles. The van der Waals surface area contributed by atoms with Gasteiger partial charge in [0.25, 0.3) is 10.2 Å². The predicted molar refractivity (Wildman–Crippen MR) is 98.5 cm³/mol. The molecule has 7 nitrogen and oxygen atoms in total.